The van der Waals surface area contributed by atoms with Crippen LogP contribution in [0.4, 0.5) is 23.1 Å². The van der Waals surface area contributed by atoms with Crippen molar-refractivity contribution in [1.82, 2.24) is 19.9 Å². The number of piperazine rings is 1. The third-order valence-corrected chi connectivity index (χ3v) is 4.87. The molecule has 4 rings (SSSR count). The highest BCUT2D eigenvalue weighted by Gasteiger charge is 2.18. The van der Waals surface area contributed by atoms with Gasteiger partial charge >= 0.3 is 0 Å². The summed E-state index contributed by atoms with van der Waals surface area (Å²) in [5, 5.41) is 7.32. The predicted octanol–water partition coefficient (Wildman–Crippen LogP) is 2.41. The summed E-state index contributed by atoms with van der Waals surface area (Å²) in [6.45, 7) is 4.87. The number of nitrogens with one attached hydrogen (secondary N) is 3. The van der Waals surface area contributed by atoms with Crippen molar-refractivity contribution in [2.45, 2.75) is 6.92 Å². The Kier molecular flexibility index (Phi) is 4.53. The van der Waals surface area contributed by atoms with Gasteiger partial charge in [0, 0.05) is 57.7 Å². The number of rotatable bonds is 4. The highest BCUT2D eigenvalue weighted by molar-refractivity contribution is 5.88. The van der Waals surface area contributed by atoms with Crippen molar-refractivity contribution in [3.8, 4) is 0 Å². The molecule has 1 saturated heterocycles. The summed E-state index contributed by atoms with van der Waals surface area (Å²) < 4.78 is 0. The molecule has 0 atom stereocenters. The van der Waals surface area contributed by atoms with Gasteiger partial charge in [0.05, 0.1) is 5.39 Å². The average Bonchev–Trinajstić information content (AvgIpc) is 3.16. The van der Waals surface area contributed by atoms with E-state index in [0.717, 1.165) is 54.4 Å². The number of H-pyrrole nitrogens is 1. The van der Waals surface area contributed by atoms with E-state index in [1.54, 1.807) is 6.92 Å². The summed E-state index contributed by atoms with van der Waals surface area (Å²) in [5.74, 6) is 1.47. The third-order valence-electron chi connectivity index (χ3n) is 4.87. The number of carbonyl (C=O) groups excluding carboxylic acids is 1. The van der Waals surface area contributed by atoms with E-state index in [1.807, 2.05) is 36.3 Å². The van der Waals surface area contributed by atoms with E-state index >= 15 is 0 Å². The van der Waals surface area contributed by atoms with E-state index in [-0.39, 0.29) is 5.91 Å². The van der Waals surface area contributed by atoms with Gasteiger partial charge in [-0.2, -0.15) is 9.97 Å². The first-order valence-corrected chi connectivity index (χ1v) is 9.04. The Balaban J connectivity index is 1.46. The lowest BCUT2D eigenvalue weighted by Gasteiger charge is -2.35. The molecule has 27 heavy (non-hydrogen) atoms. The number of fused-ring (bicyclic) bond motifs is 1. The summed E-state index contributed by atoms with van der Waals surface area (Å²) in [7, 11) is 1.85. The summed E-state index contributed by atoms with van der Waals surface area (Å²) >= 11 is 0. The van der Waals surface area contributed by atoms with Crippen molar-refractivity contribution >= 4 is 40.1 Å². The maximum absolute atomic E-state index is 11.5. The smallest absolute Gasteiger partial charge is 0.231 e. The van der Waals surface area contributed by atoms with E-state index < -0.39 is 0 Å². The molecular formula is C19H23N7O. The van der Waals surface area contributed by atoms with Crippen LogP contribution in [0.1, 0.15) is 6.92 Å². The van der Waals surface area contributed by atoms with Crippen molar-refractivity contribution in [2.24, 2.45) is 0 Å². The Hall–Kier alpha value is -3.29. The standard InChI is InChI=1S/C19H23N7O/c1-13(27)25-9-11-26(12-10-25)15-5-3-14(4-6-15)22-19-23-17(20-2)16-7-8-21-18(16)24-19/h3-8H,9-12H2,1-2H3,(H3,20,21,22,23,24). The molecule has 1 aromatic carbocycles. The molecule has 3 heterocycles. The minimum absolute atomic E-state index is 0.147. The molecule has 8 nitrogen and oxygen atoms in total. The zero-order chi connectivity index (χ0) is 18.8. The van der Waals surface area contributed by atoms with Gasteiger partial charge in [0.25, 0.3) is 0 Å². The fraction of sp³-hybridized carbons (Fsp3) is 0.316. The van der Waals surface area contributed by atoms with Crippen molar-refractivity contribution < 1.29 is 4.79 Å². The molecule has 0 spiro atoms. The monoisotopic (exact) mass is 365 g/mol. The molecular weight excluding hydrogens is 342 g/mol. The lowest BCUT2D eigenvalue weighted by Crippen LogP contribution is -2.48. The highest BCUT2D eigenvalue weighted by atomic mass is 16.2. The van der Waals surface area contributed by atoms with Crippen LogP contribution in [0.2, 0.25) is 0 Å². The average molecular weight is 365 g/mol. The number of amides is 1. The number of hydrogen-bond donors (Lipinski definition) is 3. The Morgan fingerprint density at radius 2 is 1.81 bits per heavy atom. The summed E-state index contributed by atoms with van der Waals surface area (Å²) in [6, 6.07) is 10.2. The highest BCUT2D eigenvalue weighted by Crippen LogP contribution is 2.24. The van der Waals surface area contributed by atoms with Gasteiger partial charge in [0.15, 0.2) is 0 Å². The molecule has 1 amide bonds. The van der Waals surface area contributed by atoms with Crippen LogP contribution in [-0.4, -0.2) is 59.0 Å². The van der Waals surface area contributed by atoms with Crippen molar-refractivity contribution in [2.75, 3.05) is 48.8 Å². The van der Waals surface area contributed by atoms with Crippen LogP contribution in [0, 0.1) is 0 Å². The maximum atomic E-state index is 11.5. The quantitative estimate of drug-likeness (QED) is 0.658. The first-order valence-electron chi connectivity index (χ1n) is 9.04. The molecule has 3 aromatic rings. The van der Waals surface area contributed by atoms with Crippen LogP contribution in [0.25, 0.3) is 11.0 Å². The lowest BCUT2D eigenvalue weighted by molar-refractivity contribution is -0.129. The van der Waals surface area contributed by atoms with Gasteiger partial charge in [-0.05, 0) is 30.3 Å². The summed E-state index contributed by atoms with van der Waals surface area (Å²) in [5.41, 5.74) is 2.87. The van der Waals surface area contributed by atoms with Crippen LogP contribution in [0.5, 0.6) is 0 Å². The lowest BCUT2D eigenvalue weighted by atomic mass is 10.2. The largest absolute Gasteiger partial charge is 0.372 e. The molecule has 1 fully saturated rings. The third kappa shape index (κ3) is 3.51. The molecule has 3 N–H and O–H groups in total. The van der Waals surface area contributed by atoms with E-state index in [9.17, 15) is 4.79 Å². The molecule has 2 aromatic heterocycles. The number of hydrogen-bond acceptors (Lipinski definition) is 6. The van der Waals surface area contributed by atoms with Gasteiger partial charge in [-0.1, -0.05) is 0 Å². The second kappa shape index (κ2) is 7.14. The number of anilines is 4. The minimum atomic E-state index is 0.147. The van der Waals surface area contributed by atoms with Gasteiger partial charge in [-0.15, -0.1) is 0 Å². The first kappa shape index (κ1) is 17.1. The zero-order valence-corrected chi connectivity index (χ0v) is 15.5. The Labute approximate surface area is 157 Å². The van der Waals surface area contributed by atoms with Crippen molar-refractivity contribution in [3.63, 3.8) is 0 Å². The maximum Gasteiger partial charge on any atom is 0.231 e. The van der Waals surface area contributed by atoms with Crippen LogP contribution >= 0.6 is 0 Å². The van der Waals surface area contributed by atoms with Crippen molar-refractivity contribution in [3.05, 3.63) is 36.5 Å². The van der Waals surface area contributed by atoms with Gasteiger partial charge in [0.1, 0.15) is 11.5 Å². The molecule has 0 radical (unpaired) electrons. The van der Waals surface area contributed by atoms with Gasteiger partial charge < -0.3 is 25.4 Å². The van der Waals surface area contributed by atoms with Crippen LogP contribution in [-0.2, 0) is 4.79 Å². The number of benzene rings is 1. The first-order chi connectivity index (χ1) is 13.1. The fourth-order valence-corrected chi connectivity index (χ4v) is 3.35. The minimum Gasteiger partial charge on any atom is -0.372 e. The predicted molar refractivity (Wildman–Crippen MR) is 108 cm³/mol. The van der Waals surface area contributed by atoms with Crippen LogP contribution < -0.4 is 15.5 Å². The SMILES string of the molecule is CNc1nc(Nc2ccc(N3CCN(C(C)=O)CC3)cc2)nc2[nH]ccc12. The molecule has 1 aliphatic rings. The molecule has 140 valence electrons. The van der Waals surface area contributed by atoms with Crippen LogP contribution in [0.15, 0.2) is 36.5 Å². The number of aromatic amines is 1. The summed E-state index contributed by atoms with van der Waals surface area (Å²) in [6.07, 6.45) is 1.85. The van der Waals surface area contributed by atoms with Crippen LogP contribution in [0.3, 0.4) is 0 Å². The topological polar surface area (TPSA) is 89.2 Å². The van der Waals surface area contributed by atoms with Gasteiger partial charge in [-0.25, -0.2) is 0 Å². The van der Waals surface area contributed by atoms with E-state index in [4.69, 9.17) is 0 Å². The molecule has 0 unspecified atom stereocenters. The van der Waals surface area contributed by atoms with E-state index in [2.05, 4.69) is 42.6 Å². The molecule has 0 saturated carbocycles. The molecule has 1 aliphatic heterocycles. The Morgan fingerprint density at radius 1 is 1.07 bits per heavy atom. The second-order valence-electron chi connectivity index (χ2n) is 6.55. The van der Waals surface area contributed by atoms with Crippen molar-refractivity contribution in [1.29, 1.82) is 0 Å². The van der Waals surface area contributed by atoms with E-state index in [1.165, 1.54) is 0 Å². The second-order valence-corrected chi connectivity index (χ2v) is 6.55. The molecule has 0 bridgehead atoms. The van der Waals surface area contributed by atoms with Gasteiger partial charge in [-0.3, -0.25) is 4.79 Å². The number of aromatic nitrogens is 3. The fourth-order valence-electron chi connectivity index (χ4n) is 3.35. The summed E-state index contributed by atoms with van der Waals surface area (Å²) in [4.78, 5) is 27.8. The van der Waals surface area contributed by atoms with Gasteiger partial charge in [0.2, 0.25) is 11.9 Å². The number of carbonyl (C=O) groups is 1. The Bertz CT molecular complexity index is 942. The molecule has 8 heteroatoms. The zero-order valence-electron chi connectivity index (χ0n) is 15.5. The molecule has 0 aliphatic carbocycles. The normalized spacial score (nSPS) is 14.4. The Morgan fingerprint density at radius 3 is 2.48 bits per heavy atom. The number of nitrogens with zero attached hydrogens (tertiary/aromatic N) is 4. The van der Waals surface area contributed by atoms with E-state index in [0.29, 0.717) is 5.95 Å².